The fraction of sp³-hybridized carbons (Fsp3) is 0.519. The number of oxime groups is 1. The zero-order chi connectivity index (χ0) is 26.1. The molecule has 1 aromatic rings. The number of hydrogen-bond donors (Lipinski definition) is 2. The van der Waals surface area contributed by atoms with Gasteiger partial charge in [-0.25, -0.2) is 4.79 Å². The number of hydrogen-bond acceptors (Lipinski definition) is 7. The van der Waals surface area contributed by atoms with Crippen molar-refractivity contribution in [3.8, 4) is 5.75 Å². The first-order valence-electron chi connectivity index (χ1n) is 12.5. The quantitative estimate of drug-likeness (QED) is 0.348. The SMILES string of the molecule is CCc1cc(O)c(Cl)c2c1C(=O)O[C@H](C)C/C=C/C(O)C/C=C/C(=N/OCC(=O)N1CCCCC1)C2. The van der Waals surface area contributed by atoms with E-state index in [-0.39, 0.29) is 29.7 Å². The second-order valence-electron chi connectivity index (χ2n) is 9.14. The summed E-state index contributed by atoms with van der Waals surface area (Å²) >= 11 is 6.48. The molecule has 3 rings (SSSR count). The lowest BCUT2D eigenvalue weighted by atomic mass is 9.94. The molecule has 0 aliphatic carbocycles. The van der Waals surface area contributed by atoms with Crippen LogP contribution in [0.3, 0.4) is 0 Å². The highest BCUT2D eigenvalue weighted by atomic mass is 35.5. The van der Waals surface area contributed by atoms with E-state index < -0.39 is 18.2 Å². The fourth-order valence-corrected chi connectivity index (χ4v) is 4.52. The van der Waals surface area contributed by atoms with Crippen molar-refractivity contribution in [1.82, 2.24) is 4.90 Å². The number of carbonyl (C=O) groups excluding carboxylic acids is 2. The maximum Gasteiger partial charge on any atom is 0.339 e. The van der Waals surface area contributed by atoms with Gasteiger partial charge in [-0.1, -0.05) is 41.9 Å². The number of aromatic hydroxyl groups is 1. The summed E-state index contributed by atoms with van der Waals surface area (Å²) in [6.45, 7) is 4.87. The molecule has 2 aliphatic heterocycles. The number of likely N-dealkylation sites (tertiary alicyclic amines) is 1. The summed E-state index contributed by atoms with van der Waals surface area (Å²) in [7, 11) is 0. The number of nitrogens with zero attached hydrogens (tertiary/aromatic N) is 2. The summed E-state index contributed by atoms with van der Waals surface area (Å²) < 4.78 is 5.66. The molecule has 2 aliphatic rings. The first-order chi connectivity index (χ1) is 17.3. The molecule has 1 fully saturated rings. The molecule has 1 unspecified atom stereocenters. The van der Waals surface area contributed by atoms with Gasteiger partial charge >= 0.3 is 5.97 Å². The van der Waals surface area contributed by atoms with Crippen LogP contribution >= 0.6 is 11.6 Å². The molecular weight excluding hydrogens is 484 g/mol. The van der Waals surface area contributed by atoms with Gasteiger partial charge in [0.25, 0.3) is 5.91 Å². The Labute approximate surface area is 217 Å². The number of rotatable bonds is 4. The Bertz CT molecular complexity index is 1030. The number of ether oxygens (including phenoxy) is 1. The van der Waals surface area contributed by atoms with E-state index in [9.17, 15) is 19.8 Å². The van der Waals surface area contributed by atoms with Crippen LogP contribution in [0.15, 0.2) is 35.5 Å². The summed E-state index contributed by atoms with van der Waals surface area (Å²) in [4.78, 5) is 32.9. The van der Waals surface area contributed by atoms with Crippen LogP contribution in [0, 0.1) is 0 Å². The Morgan fingerprint density at radius 2 is 2.00 bits per heavy atom. The number of halogens is 1. The van der Waals surface area contributed by atoms with Crippen molar-refractivity contribution in [3.05, 3.63) is 52.1 Å². The number of amides is 1. The highest BCUT2D eigenvalue weighted by Gasteiger charge is 2.25. The van der Waals surface area contributed by atoms with E-state index in [1.54, 1.807) is 36.1 Å². The van der Waals surface area contributed by atoms with Crippen LogP contribution in [-0.4, -0.2) is 64.6 Å². The lowest BCUT2D eigenvalue weighted by molar-refractivity contribution is -0.137. The third kappa shape index (κ3) is 7.58. The number of benzene rings is 1. The van der Waals surface area contributed by atoms with Crippen molar-refractivity contribution < 1.29 is 29.4 Å². The van der Waals surface area contributed by atoms with Gasteiger partial charge in [-0.15, -0.1) is 0 Å². The van der Waals surface area contributed by atoms with Crippen LogP contribution in [0.2, 0.25) is 5.02 Å². The molecule has 1 saturated heterocycles. The molecule has 2 N–H and O–H groups in total. The number of piperidine rings is 1. The minimum absolute atomic E-state index is 0.0318. The first kappa shape index (κ1) is 27.7. The molecule has 2 heterocycles. The Balaban J connectivity index is 1.94. The molecule has 8 nitrogen and oxygen atoms in total. The summed E-state index contributed by atoms with van der Waals surface area (Å²) in [5, 5.41) is 24.9. The molecule has 0 saturated carbocycles. The molecule has 36 heavy (non-hydrogen) atoms. The Kier molecular flexibility index (Phi) is 10.4. The van der Waals surface area contributed by atoms with Crippen molar-refractivity contribution in [1.29, 1.82) is 0 Å². The van der Waals surface area contributed by atoms with E-state index in [4.69, 9.17) is 21.2 Å². The number of cyclic esters (lactones) is 1. The van der Waals surface area contributed by atoms with E-state index in [2.05, 4.69) is 5.16 Å². The number of fused-ring (bicyclic) bond motifs is 1. The first-order valence-corrected chi connectivity index (χ1v) is 12.9. The fourth-order valence-electron chi connectivity index (χ4n) is 4.30. The average Bonchev–Trinajstić information content (AvgIpc) is 2.86. The maximum absolute atomic E-state index is 13.2. The lowest BCUT2D eigenvalue weighted by Gasteiger charge is -2.26. The highest BCUT2D eigenvalue weighted by molar-refractivity contribution is 6.33. The Morgan fingerprint density at radius 1 is 1.25 bits per heavy atom. The number of aryl methyl sites for hydroxylation is 1. The molecule has 0 bridgehead atoms. The smallest absolute Gasteiger partial charge is 0.339 e. The van der Waals surface area contributed by atoms with Crippen LogP contribution in [0.5, 0.6) is 5.75 Å². The molecule has 0 aromatic heterocycles. The summed E-state index contributed by atoms with van der Waals surface area (Å²) in [6, 6.07) is 1.48. The van der Waals surface area contributed by atoms with Crippen molar-refractivity contribution >= 4 is 29.2 Å². The molecule has 1 amide bonds. The van der Waals surface area contributed by atoms with Crippen LogP contribution in [0.1, 0.15) is 67.4 Å². The minimum Gasteiger partial charge on any atom is -0.506 e. The predicted molar refractivity (Wildman–Crippen MR) is 138 cm³/mol. The standard InChI is InChI=1S/C27H35ClN2O6/c1-3-19-15-23(32)26(28)22-16-20(29-35-17-24(33)30-13-5-4-6-14-30)10-8-12-21(31)11-7-9-18(2)36-27(34)25(19)22/h7-8,10-11,15,18,21,31-32H,3-6,9,12-14,16-17H2,1-2H3/b10-8+,11-7+,29-20-/t18-,21?/m1/s1. The molecular formula is C27H35ClN2O6. The van der Waals surface area contributed by atoms with E-state index in [0.717, 1.165) is 19.3 Å². The number of carbonyl (C=O) groups is 2. The lowest BCUT2D eigenvalue weighted by Crippen LogP contribution is -2.37. The number of phenolic OH excluding ortho intramolecular Hbond substituents is 1. The predicted octanol–water partition coefficient (Wildman–Crippen LogP) is 4.35. The number of esters is 1. The Hall–Kier alpha value is -2.84. The molecule has 2 atom stereocenters. The normalized spacial score (nSPS) is 24.4. The Morgan fingerprint density at radius 3 is 2.72 bits per heavy atom. The molecule has 0 radical (unpaired) electrons. The third-order valence-electron chi connectivity index (χ3n) is 6.27. The monoisotopic (exact) mass is 518 g/mol. The number of aliphatic hydroxyl groups excluding tert-OH is 1. The van der Waals surface area contributed by atoms with Crippen molar-refractivity contribution in [3.63, 3.8) is 0 Å². The van der Waals surface area contributed by atoms with Gasteiger partial charge in [-0.3, -0.25) is 4.79 Å². The molecule has 1 aromatic carbocycles. The van der Waals surface area contributed by atoms with Crippen LogP contribution in [0.25, 0.3) is 0 Å². The van der Waals surface area contributed by atoms with Gasteiger partial charge < -0.3 is 24.7 Å². The van der Waals surface area contributed by atoms with E-state index in [1.807, 2.05) is 6.92 Å². The maximum atomic E-state index is 13.2. The van der Waals surface area contributed by atoms with Crippen molar-refractivity contribution in [2.24, 2.45) is 5.16 Å². The van der Waals surface area contributed by atoms with Gasteiger partial charge in [0.2, 0.25) is 0 Å². The van der Waals surface area contributed by atoms with Crippen LogP contribution in [0.4, 0.5) is 0 Å². The molecule has 0 spiro atoms. The number of allylic oxidation sites excluding steroid dienone is 1. The highest BCUT2D eigenvalue weighted by Crippen LogP contribution is 2.34. The van der Waals surface area contributed by atoms with Gasteiger partial charge in [-0.2, -0.15) is 0 Å². The zero-order valence-electron chi connectivity index (χ0n) is 20.9. The van der Waals surface area contributed by atoms with Crippen LogP contribution in [-0.2, 0) is 27.2 Å². The minimum atomic E-state index is -0.721. The van der Waals surface area contributed by atoms with Gasteiger partial charge in [0.1, 0.15) is 11.9 Å². The summed E-state index contributed by atoms with van der Waals surface area (Å²) in [5.74, 6) is -0.824. The zero-order valence-corrected chi connectivity index (χ0v) is 21.7. The average molecular weight is 519 g/mol. The van der Waals surface area contributed by atoms with Gasteiger partial charge in [-0.05, 0) is 62.3 Å². The largest absolute Gasteiger partial charge is 0.506 e. The third-order valence-corrected chi connectivity index (χ3v) is 6.69. The number of phenols is 1. The topological polar surface area (TPSA) is 109 Å². The van der Waals surface area contributed by atoms with E-state index in [0.29, 0.717) is 54.8 Å². The second-order valence-corrected chi connectivity index (χ2v) is 9.51. The van der Waals surface area contributed by atoms with Crippen molar-refractivity contribution in [2.45, 2.75) is 71.0 Å². The second kappa shape index (κ2) is 13.5. The van der Waals surface area contributed by atoms with Gasteiger partial charge in [0.05, 0.1) is 22.4 Å². The van der Waals surface area contributed by atoms with Gasteiger partial charge in [0, 0.05) is 25.9 Å². The molecule has 9 heteroatoms. The van der Waals surface area contributed by atoms with Crippen molar-refractivity contribution in [2.75, 3.05) is 19.7 Å². The number of aliphatic hydroxyl groups is 1. The van der Waals surface area contributed by atoms with Crippen LogP contribution < -0.4 is 0 Å². The van der Waals surface area contributed by atoms with E-state index >= 15 is 0 Å². The summed E-state index contributed by atoms with van der Waals surface area (Å²) in [6.07, 6.45) is 10.1. The summed E-state index contributed by atoms with van der Waals surface area (Å²) in [5.41, 5.74) is 1.64. The molecule has 196 valence electrons. The van der Waals surface area contributed by atoms with E-state index in [1.165, 1.54) is 6.07 Å². The van der Waals surface area contributed by atoms with Gasteiger partial charge in [0.15, 0.2) is 6.61 Å².